The van der Waals surface area contributed by atoms with Crippen LogP contribution in [-0.4, -0.2) is 20.4 Å². The average Bonchev–Trinajstić information content (AvgIpc) is 2.23. The van der Waals surface area contributed by atoms with E-state index in [-0.39, 0.29) is 5.82 Å². The Labute approximate surface area is 79.8 Å². The van der Waals surface area contributed by atoms with E-state index in [9.17, 15) is 4.39 Å². The summed E-state index contributed by atoms with van der Waals surface area (Å²) in [6, 6.07) is 4.77. The van der Waals surface area contributed by atoms with E-state index in [1.165, 1.54) is 12.4 Å². The van der Waals surface area contributed by atoms with Gasteiger partial charge >= 0.3 is 0 Å². The molecule has 0 aliphatic rings. The molecule has 2 rings (SSSR count). The Balaban J connectivity index is 2.48. The van der Waals surface area contributed by atoms with Crippen molar-refractivity contribution in [3.05, 3.63) is 35.9 Å². The molecule has 0 bridgehead atoms. The highest BCUT2D eigenvalue weighted by Gasteiger charge is 2.04. The van der Waals surface area contributed by atoms with Gasteiger partial charge in [0.2, 0.25) is 5.82 Å². The van der Waals surface area contributed by atoms with Gasteiger partial charge < -0.3 is 0 Å². The lowest BCUT2D eigenvalue weighted by Gasteiger charge is -1.99. The third-order valence-corrected chi connectivity index (χ3v) is 1.84. The molecule has 0 N–H and O–H groups in total. The Morgan fingerprint density at radius 3 is 2.50 bits per heavy atom. The second-order valence-corrected chi connectivity index (χ2v) is 2.83. The highest BCUT2D eigenvalue weighted by Crippen LogP contribution is 2.16. The minimum absolute atomic E-state index is 0.282. The van der Waals surface area contributed by atoms with Gasteiger partial charge in [-0.15, -0.1) is 20.4 Å². The van der Waals surface area contributed by atoms with Crippen molar-refractivity contribution >= 4 is 0 Å². The Kier molecular flexibility index (Phi) is 2.14. The first-order chi connectivity index (χ1) is 6.77. The Hall–Kier alpha value is -1.91. The van der Waals surface area contributed by atoms with E-state index in [0.29, 0.717) is 17.0 Å². The molecule has 0 atom stereocenters. The summed E-state index contributed by atoms with van der Waals surface area (Å²) in [5, 5.41) is 14.6. The van der Waals surface area contributed by atoms with Gasteiger partial charge in [0.25, 0.3) is 0 Å². The van der Waals surface area contributed by atoms with Crippen molar-refractivity contribution in [1.29, 1.82) is 0 Å². The fourth-order valence-corrected chi connectivity index (χ4v) is 1.05. The first-order valence-corrected chi connectivity index (χ1v) is 4.04. The van der Waals surface area contributed by atoms with E-state index in [1.54, 1.807) is 19.1 Å². The molecule has 0 aliphatic carbocycles. The van der Waals surface area contributed by atoms with E-state index in [1.807, 2.05) is 0 Å². The Morgan fingerprint density at radius 1 is 1.14 bits per heavy atom. The van der Waals surface area contributed by atoms with Gasteiger partial charge in [0.15, 0.2) is 6.33 Å². The summed E-state index contributed by atoms with van der Waals surface area (Å²) < 4.78 is 13.2. The first-order valence-electron chi connectivity index (χ1n) is 4.04. The number of hydrogen-bond acceptors (Lipinski definition) is 4. The quantitative estimate of drug-likeness (QED) is 0.680. The normalized spacial score (nSPS) is 10.1. The van der Waals surface area contributed by atoms with Gasteiger partial charge in [-0.05, 0) is 18.6 Å². The molecular formula is C9H7FN4. The van der Waals surface area contributed by atoms with Crippen LogP contribution in [0.4, 0.5) is 4.39 Å². The number of rotatable bonds is 1. The van der Waals surface area contributed by atoms with Crippen LogP contribution in [0.25, 0.3) is 11.4 Å². The molecular weight excluding hydrogens is 182 g/mol. The predicted molar refractivity (Wildman–Crippen MR) is 47.8 cm³/mol. The molecule has 5 heteroatoms. The van der Waals surface area contributed by atoms with Crippen LogP contribution in [-0.2, 0) is 0 Å². The second kappa shape index (κ2) is 3.45. The minimum Gasteiger partial charge on any atom is -0.207 e. The lowest BCUT2D eigenvalue weighted by molar-refractivity contribution is 0.618. The number of halogens is 1. The van der Waals surface area contributed by atoms with Crippen molar-refractivity contribution in [2.75, 3.05) is 0 Å². The third-order valence-electron chi connectivity index (χ3n) is 1.84. The molecule has 1 heterocycles. The van der Waals surface area contributed by atoms with Crippen molar-refractivity contribution in [2.24, 2.45) is 0 Å². The molecule has 0 saturated carbocycles. The Morgan fingerprint density at radius 2 is 1.86 bits per heavy atom. The van der Waals surface area contributed by atoms with E-state index in [4.69, 9.17) is 0 Å². The van der Waals surface area contributed by atoms with E-state index >= 15 is 0 Å². The molecule has 0 unspecified atom stereocenters. The molecule has 0 fully saturated rings. The number of aromatic nitrogens is 4. The molecule has 4 nitrogen and oxygen atoms in total. The van der Waals surface area contributed by atoms with Crippen LogP contribution >= 0.6 is 0 Å². The summed E-state index contributed by atoms with van der Waals surface area (Å²) in [4.78, 5) is 0. The minimum atomic E-state index is -0.282. The molecule has 0 amide bonds. The van der Waals surface area contributed by atoms with Crippen LogP contribution in [0.1, 0.15) is 5.56 Å². The summed E-state index contributed by atoms with van der Waals surface area (Å²) in [5.74, 6) is 0.0429. The van der Waals surface area contributed by atoms with Crippen LogP contribution in [0.2, 0.25) is 0 Å². The number of hydrogen-bond donors (Lipinski definition) is 0. The van der Waals surface area contributed by atoms with Crippen molar-refractivity contribution < 1.29 is 4.39 Å². The first kappa shape index (κ1) is 8.68. The molecule has 1 aromatic carbocycles. The van der Waals surface area contributed by atoms with Gasteiger partial charge in [-0.1, -0.05) is 12.1 Å². The van der Waals surface area contributed by atoms with Crippen molar-refractivity contribution in [3.8, 4) is 11.4 Å². The molecule has 0 saturated heterocycles. The maximum Gasteiger partial charge on any atom is 0.203 e. The predicted octanol–water partition coefficient (Wildman–Crippen LogP) is 1.38. The van der Waals surface area contributed by atoms with Gasteiger partial charge in [-0.3, -0.25) is 0 Å². The van der Waals surface area contributed by atoms with E-state index < -0.39 is 0 Å². The monoisotopic (exact) mass is 189 g/mol. The Bertz CT molecular complexity index is 444. The van der Waals surface area contributed by atoms with Crippen LogP contribution in [0.3, 0.4) is 0 Å². The largest absolute Gasteiger partial charge is 0.207 e. The zero-order valence-corrected chi connectivity index (χ0v) is 7.48. The SMILES string of the molecule is Cc1ccc(-c2nncnn2)cc1[18F]. The summed E-state index contributed by atoms with van der Waals surface area (Å²) in [5.41, 5.74) is 1.17. The molecule has 0 spiro atoms. The van der Waals surface area contributed by atoms with Gasteiger partial charge in [0.05, 0.1) is 0 Å². The maximum atomic E-state index is 13.2. The highest BCUT2D eigenvalue weighted by atomic mass is 18.2. The second-order valence-electron chi connectivity index (χ2n) is 2.83. The van der Waals surface area contributed by atoms with Gasteiger partial charge in [-0.25, -0.2) is 4.39 Å². The fraction of sp³-hybridized carbons (Fsp3) is 0.111. The molecule has 70 valence electrons. The number of benzene rings is 1. The summed E-state index contributed by atoms with van der Waals surface area (Å²) in [6.07, 6.45) is 1.23. The van der Waals surface area contributed by atoms with E-state index in [2.05, 4.69) is 20.4 Å². The topological polar surface area (TPSA) is 51.6 Å². The zero-order valence-electron chi connectivity index (χ0n) is 7.48. The van der Waals surface area contributed by atoms with Crippen molar-refractivity contribution in [2.45, 2.75) is 6.92 Å². The smallest absolute Gasteiger partial charge is 0.203 e. The molecule has 14 heavy (non-hydrogen) atoms. The molecule has 0 radical (unpaired) electrons. The standard InChI is InChI=1S/C9H7FN4/c1-6-2-3-7(4-8(6)10)9-13-11-5-12-14-9/h2-5H,1H3/i10-1. The summed E-state index contributed by atoms with van der Waals surface area (Å²) in [6.45, 7) is 1.70. The molecule has 2 aromatic rings. The van der Waals surface area contributed by atoms with Crippen LogP contribution in [0.15, 0.2) is 24.5 Å². The highest BCUT2D eigenvalue weighted by molar-refractivity contribution is 5.54. The van der Waals surface area contributed by atoms with Crippen LogP contribution < -0.4 is 0 Å². The van der Waals surface area contributed by atoms with Crippen molar-refractivity contribution in [3.63, 3.8) is 0 Å². The van der Waals surface area contributed by atoms with Gasteiger partial charge in [0, 0.05) is 5.56 Å². The van der Waals surface area contributed by atoms with E-state index in [0.717, 1.165) is 0 Å². The van der Waals surface area contributed by atoms with Crippen LogP contribution in [0.5, 0.6) is 0 Å². The summed E-state index contributed by atoms with van der Waals surface area (Å²) >= 11 is 0. The maximum absolute atomic E-state index is 13.2. The zero-order chi connectivity index (χ0) is 9.97. The molecule has 1 aromatic heterocycles. The van der Waals surface area contributed by atoms with Crippen LogP contribution in [0, 0.1) is 12.7 Å². The number of aryl methyl sites for hydroxylation is 1. The third kappa shape index (κ3) is 1.56. The lowest BCUT2D eigenvalue weighted by Crippen LogP contribution is -1.94. The van der Waals surface area contributed by atoms with Gasteiger partial charge in [-0.2, -0.15) is 0 Å². The fourth-order valence-electron chi connectivity index (χ4n) is 1.05. The number of nitrogens with zero attached hydrogens (tertiary/aromatic N) is 4. The molecule has 0 aliphatic heterocycles. The average molecular weight is 189 g/mol. The summed E-state index contributed by atoms with van der Waals surface area (Å²) in [7, 11) is 0. The lowest BCUT2D eigenvalue weighted by atomic mass is 10.1. The van der Waals surface area contributed by atoms with Crippen molar-refractivity contribution in [1.82, 2.24) is 20.4 Å². The van der Waals surface area contributed by atoms with Gasteiger partial charge in [0.1, 0.15) is 5.82 Å².